The summed E-state index contributed by atoms with van der Waals surface area (Å²) in [6, 6.07) is 9.18. The van der Waals surface area contributed by atoms with E-state index in [1.165, 1.54) is 0 Å². The van der Waals surface area contributed by atoms with Crippen molar-refractivity contribution in [3.8, 4) is 5.75 Å². The van der Waals surface area contributed by atoms with Crippen LogP contribution in [0, 0.1) is 0 Å². The highest BCUT2D eigenvalue weighted by atomic mass is 16.5. The van der Waals surface area contributed by atoms with Crippen molar-refractivity contribution >= 4 is 5.96 Å². The molecule has 1 fully saturated rings. The van der Waals surface area contributed by atoms with Crippen molar-refractivity contribution in [1.29, 1.82) is 0 Å². The minimum atomic E-state index is 0.496. The lowest BCUT2D eigenvalue weighted by atomic mass is 10.0. The van der Waals surface area contributed by atoms with Gasteiger partial charge in [-0.05, 0) is 39.7 Å². The fourth-order valence-corrected chi connectivity index (χ4v) is 3.07. The lowest BCUT2D eigenvalue weighted by Gasteiger charge is -2.35. The van der Waals surface area contributed by atoms with Crippen LogP contribution in [0.1, 0.15) is 39.2 Å². The SMILES string of the molecule is CCNC(=NCc1ccccc1OC)NC1CCN(C(C)C)CC1. The zero-order chi connectivity index (χ0) is 17.4. The molecule has 134 valence electrons. The minimum absolute atomic E-state index is 0.496. The highest BCUT2D eigenvalue weighted by Crippen LogP contribution is 2.18. The second-order valence-electron chi connectivity index (χ2n) is 6.56. The van der Waals surface area contributed by atoms with Gasteiger partial charge in [-0.3, -0.25) is 0 Å². The maximum absolute atomic E-state index is 5.41. The quantitative estimate of drug-likeness (QED) is 0.621. The van der Waals surface area contributed by atoms with Gasteiger partial charge in [-0.1, -0.05) is 18.2 Å². The van der Waals surface area contributed by atoms with Gasteiger partial charge in [0.15, 0.2) is 5.96 Å². The number of guanidine groups is 1. The van der Waals surface area contributed by atoms with E-state index >= 15 is 0 Å². The second kappa shape index (κ2) is 9.52. The van der Waals surface area contributed by atoms with E-state index in [0.717, 1.165) is 49.7 Å². The molecule has 0 radical (unpaired) electrons. The summed E-state index contributed by atoms with van der Waals surface area (Å²) in [5.74, 6) is 1.79. The van der Waals surface area contributed by atoms with E-state index in [0.29, 0.717) is 18.6 Å². The number of piperidine rings is 1. The first kappa shape index (κ1) is 18.6. The number of rotatable bonds is 6. The molecule has 1 aliphatic rings. The summed E-state index contributed by atoms with van der Waals surface area (Å²) in [6.07, 6.45) is 2.33. The van der Waals surface area contributed by atoms with Gasteiger partial charge in [0.2, 0.25) is 0 Å². The van der Waals surface area contributed by atoms with Gasteiger partial charge in [-0.15, -0.1) is 0 Å². The molecule has 0 amide bonds. The highest BCUT2D eigenvalue weighted by molar-refractivity contribution is 5.80. The topological polar surface area (TPSA) is 48.9 Å². The number of benzene rings is 1. The van der Waals surface area contributed by atoms with Crippen LogP contribution in [0.25, 0.3) is 0 Å². The van der Waals surface area contributed by atoms with Crippen LogP contribution in [-0.2, 0) is 6.54 Å². The number of nitrogens with zero attached hydrogens (tertiary/aromatic N) is 2. The van der Waals surface area contributed by atoms with E-state index in [-0.39, 0.29) is 0 Å². The predicted octanol–water partition coefficient (Wildman–Crippen LogP) is 2.62. The van der Waals surface area contributed by atoms with E-state index in [1.807, 2.05) is 18.2 Å². The molecule has 0 bridgehead atoms. The van der Waals surface area contributed by atoms with Crippen molar-refractivity contribution in [2.45, 2.75) is 52.2 Å². The Morgan fingerprint density at radius 2 is 2.00 bits per heavy atom. The molecule has 2 rings (SSSR count). The third kappa shape index (κ3) is 5.41. The molecule has 2 N–H and O–H groups in total. The van der Waals surface area contributed by atoms with Crippen LogP contribution in [0.5, 0.6) is 5.75 Å². The van der Waals surface area contributed by atoms with Crippen LogP contribution >= 0.6 is 0 Å². The molecule has 0 aromatic heterocycles. The molecule has 0 aliphatic carbocycles. The summed E-state index contributed by atoms with van der Waals surface area (Å²) < 4.78 is 5.41. The molecule has 1 saturated heterocycles. The number of hydrogen-bond acceptors (Lipinski definition) is 3. The van der Waals surface area contributed by atoms with Gasteiger partial charge in [0.05, 0.1) is 13.7 Å². The summed E-state index contributed by atoms with van der Waals surface area (Å²) in [4.78, 5) is 7.28. The number of methoxy groups -OCH3 is 1. The van der Waals surface area contributed by atoms with E-state index in [4.69, 9.17) is 9.73 Å². The van der Waals surface area contributed by atoms with Gasteiger partial charge < -0.3 is 20.3 Å². The van der Waals surface area contributed by atoms with Gasteiger partial charge in [0.1, 0.15) is 5.75 Å². The molecule has 1 aromatic rings. The molecule has 0 saturated carbocycles. The third-order valence-corrected chi connectivity index (χ3v) is 4.54. The standard InChI is InChI=1S/C19H32N4O/c1-5-20-19(21-14-16-8-6-7-9-18(16)24-4)22-17-10-12-23(13-11-17)15(2)3/h6-9,15,17H,5,10-14H2,1-4H3,(H2,20,21,22). The summed E-state index contributed by atoms with van der Waals surface area (Å²) in [6.45, 7) is 10.4. The number of ether oxygens (including phenoxy) is 1. The Bertz CT molecular complexity index is 522. The van der Waals surface area contributed by atoms with Crippen molar-refractivity contribution in [2.24, 2.45) is 4.99 Å². The fourth-order valence-electron chi connectivity index (χ4n) is 3.07. The van der Waals surface area contributed by atoms with Gasteiger partial charge in [-0.2, -0.15) is 0 Å². The Hall–Kier alpha value is -1.75. The Kier molecular flexibility index (Phi) is 7.37. The molecule has 0 atom stereocenters. The van der Waals surface area contributed by atoms with E-state index in [1.54, 1.807) is 7.11 Å². The molecular weight excluding hydrogens is 300 g/mol. The van der Waals surface area contributed by atoms with Crippen molar-refractivity contribution in [1.82, 2.24) is 15.5 Å². The van der Waals surface area contributed by atoms with E-state index in [9.17, 15) is 0 Å². The van der Waals surface area contributed by atoms with Crippen LogP contribution in [0.4, 0.5) is 0 Å². The second-order valence-corrected chi connectivity index (χ2v) is 6.56. The van der Waals surface area contributed by atoms with E-state index < -0.39 is 0 Å². The molecular formula is C19H32N4O. The maximum atomic E-state index is 5.41. The monoisotopic (exact) mass is 332 g/mol. The first-order valence-electron chi connectivity index (χ1n) is 9.04. The number of aliphatic imine (C=N–C) groups is 1. The molecule has 5 heteroatoms. The zero-order valence-corrected chi connectivity index (χ0v) is 15.5. The Labute approximate surface area is 146 Å². The first-order valence-corrected chi connectivity index (χ1v) is 9.04. The molecule has 0 unspecified atom stereocenters. The first-order chi connectivity index (χ1) is 11.6. The molecule has 1 aromatic carbocycles. The molecule has 5 nitrogen and oxygen atoms in total. The van der Waals surface area contributed by atoms with Crippen LogP contribution in [0.3, 0.4) is 0 Å². The normalized spacial score (nSPS) is 17.1. The van der Waals surface area contributed by atoms with Crippen molar-refractivity contribution < 1.29 is 4.74 Å². The van der Waals surface area contributed by atoms with Crippen molar-refractivity contribution in [2.75, 3.05) is 26.7 Å². The summed E-state index contributed by atoms with van der Waals surface area (Å²) in [5, 5.41) is 6.95. The molecule has 0 spiro atoms. The molecule has 24 heavy (non-hydrogen) atoms. The van der Waals surface area contributed by atoms with Crippen LogP contribution in [-0.4, -0.2) is 49.7 Å². The van der Waals surface area contributed by atoms with Crippen LogP contribution in [0.15, 0.2) is 29.3 Å². The van der Waals surface area contributed by atoms with Crippen LogP contribution < -0.4 is 15.4 Å². The Morgan fingerprint density at radius 1 is 1.29 bits per heavy atom. The molecule has 1 heterocycles. The van der Waals surface area contributed by atoms with Crippen molar-refractivity contribution in [3.05, 3.63) is 29.8 Å². The number of hydrogen-bond donors (Lipinski definition) is 2. The third-order valence-electron chi connectivity index (χ3n) is 4.54. The van der Waals surface area contributed by atoms with Crippen LogP contribution in [0.2, 0.25) is 0 Å². The number of likely N-dealkylation sites (tertiary alicyclic amines) is 1. The molecule has 1 aliphatic heterocycles. The maximum Gasteiger partial charge on any atom is 0.191 e. The summed E-state index contributed by atoms with van der Waals surface area (Å²) >= 11 is 0. The lowest BCUT2D eigenvalue weighted by Crippen LogP contribution is -2.49. The summed E-state index contributed by atoms with van der Waals surface area (Å²) in [7, 11) is 1.70. The number of nitrogens with one attached hydrogen (secondary N) is 2. The van der Waals surface area contributed by atoms with Gasteiger partial charge >= 0.3 is 0 Å². The lowest BCUT2D eigenvalue weighted by molar-refractivity contribution is 0.167. The highest BCUT2D eigenvalue weighted by Gasteiger charge is 2.21. The largest absolute Gasteiger partial charge is 0.496 e. The zero-order valence-electron chi connectivity index (χ0n) is 15.5. The van der Waals surface area contributed by atoms with Crippen molar-refractivity contribution in [3.63, 3.8) is 0 Å². The number of para-hydroxylation sites is 1. The Balaban J connectivity index is 1.94. The van der Waals surface area contributed by atoms with Gasteiger partial charge in [0.25, 0.3) is 0 Å². The average molecular weight is 332 g/mol. The van der Waals surface area contributed by atoms with E-state index in [2.05, 4.69) is 42.4 Å². The predicted molar refractivity (Wildman–Crippen MR) is 101 cm³/mol. The van der Waals surface area contributed by atoms with Gasteiger partial charge in [-0.25, -0.2) is 4.99 Å². The minimum Gasteiger partial charge on any atom is -0.496 e. The van der Waals surface area contributed by atoms with Gasteiger partial charge in [0, 0.05) is 37.3 Å². The smallest absolute Gasteiger partial charge is 0.191 e. The average Bonchev–Trinajstić information content (AvgIpc) is 2.60. The fraction of sp³-hybridized carbons (Fsp3) is 0.632. The Morgan fingerprint density at radius 3 is 2.62 bits per heavy atom. The summed E-state index contributed by atoms with van der Waals surface area (Å²) in [5.41, 5.74) is 1.10.